The van der Waals surface area contributed by atoms with Crippen LogP contribution in [0.3, 0.4) is 0 Å². The minimum atomic E-state index is 0.313. The second-order valence-electron chi connectivity index (χ2n) is 1.91. The molecule has 0 aliphatic heterocycles. The van der Waals surface area contributed by atoms with Crippen LogP contribution in [0, 0.1) is 5.53 Å². The molecule has 0 amide bonds. The Morgan fingerprint density at radius 3 is 3.09 bits per heavy atom. The first-order valence-corrected chi connectivity index (χ1v) is 2.93. The van der Waals surface area contributed by atoms with Crippen molar-refractivity contribution in [3.05, 3.63) is 12.7 Å². The fraction of sp³-hybridized carbons (Fsp3) is 0. The van der Waals surface area contributed by atoms with Crippen LogP contribution in [0.1, 0.15) is 0 Å². The van der Waals surface area contributed by atoms with Gasteiger partial charge in [-0.15, -0.1) is 5.11 Å². The molecule has 0 aliphatic rings. The Kier molecular flexibility index (Phi) is 1.12. The third kappa shape index (κ3) is 0.759. The van der Waals surface area contributed by atoms with Gasteiger partial charge in [0.1, 0.15) is 11.8 Å². The predicted octanol–water partition coefficient (Wildman–Crippen LogP) is 1.02. The summed E-state index contributed by atoms with van der Waals surface area (Å²) in [6, 6.07) is 0. The fourth-order valence-electron chi connectivity index (χ4n) is 0.837. The van der Waals surface area contributed by atoms with E-state index in [0.29, 0.717) is 17.0 Å². The van der Waals surface area contributed by atoms with E-state index in [4.69, 9.17) is 5.53 Å². The van der Waals surface area contributed by atoms with Crippen LogP contribution in [-0.2, 0) is 0 Å². The van der Waals surface area contributed by atoms with Crippen molar-refractivity contribution in [1.29, 1.82) is 5.53 Å². The Hall–Kier alpha value is -1.85. The van der Waals surface area contributed by atoms with Crippen LogP contribution >= 0.6 is 0 Å². The largest absolute Gasteiger partial charge is 0.340 e. The molecule has 0 aromatic carbocycles. The lowest BCUT2D eigenvalue weighted by Gasteiger charge is -1.88. The molecule has 0 fully saturated rings. The maximum Gasteiger partial charge on any atom is 0.202 e. The normalized spacial score (nSPS) is 10.2. The first-order valence-electron chi connectivity index (χ1n) is 2.93. The Bertz CT molecular complexity index is 391. The number of aromatic amines is 1. The number of nitrogens with zero attached hydrogens (tertiary/aromatic N) is 4. The van der Waals surface area contributed by atoms with E-state index in [1.807, 2.05) is 0 Å². The second-order valence-corrected chi connectivity index (χ2v) is 1.91. The van der Waals surface area contributed by atoms with Crippen LogP contribution in [0.4, 0.5) is 5.82 Å². The highest BCUT2D eigenvalue weighted by atomic mass is 15.1. The zero-order valence-electron chi connectivity index (χ0n) is 5.44. The number of aromatic nitrogens is 4. The molecule has 0 saturated heterocycles. The molecule has 0 spiro atoms. The number of imidazole rings is 1. The molecule has 6 nitrogen and oxygen atoms in total. The molecule has 0 unspecified atom stereocenters. The summed E-state index contributed by atoms with van der Waals surface area (Å²) in [4.78, 5) is 14.3. The van der Waals surface area contributed by atoms with E-state index >= 15 is 0 Å². The Morgan fingerprint density at radius 2 is 2.27 bits per heavy atom. The minimum Gasteiger partial charge on any atom is -0.340 e. The van der Waals surface area contributed by atoms with Crippen molar-refractivity contribution in [2.75, 3.05) is 0 Å². The number of hydrogen-bond acceptors (Lipinski definition) is 5. The lowest BCUT2D eigenvalue weighted by Crippen LogP contribution is -1.80. The topological polar surface area (TPSA) is 90.7 Å². The van der Waals surface area contributed by atoms with E-state index in [1.165, 1.54) is 12.7 Å². The van der Waals surface area contributed by atoms with Gasteiger partial charge in [0.15, 0.2) is 5.65 Å². The summed E-state index contributed by atoms with van der Waals surface area (Å²) in [6.45, 7) is 0. The van der Waals surface area contributed by atoms with Crippen molar-refractivity contribution in [2.24, 2.45) is 5.11 Å². The van der Waals surface area contributed by atoms with Gasteiger partial charge in [-0.25, -0.2) is 20.5 Å². The average Bonchev–Trinajstić information content (AvgIpc) is 2.50. The van der Waals surface area contributed by atoms with Crippen LogP contribution < -0.4 is 0 Å². The maximum absolute atomic E-state index is 6.75. The number of nitrogens with one attached hydrogen (secondary N) is 2. The highest BCUT2D eigenvalue weighted by Gasteiger charge is 2.02. The SMILES string of the molecule is N=Nc1ncnc2nc[nH]c12. The molecule has 2 aromatic rings. The average molecular weight is 148 g/mol. The van der Waals surface area contributed by atoms with Crippen molar-refractivity contribution in [3.8, 4) is 0 Å². The maximum atomic E-state index is 6.75. The van der Waals surface area contributed by atoms with Gasteiger partial charge in [-0.05, 0) is 0 Å². The van der Waals surface area contributed by atoms with Gasteiger partial charge >= 0.3 is 0 Å². The third-order valence-electron chi connectivity index (χ3n) is 1.31. The fourth-order valence-corrected chi connectivity index (χ4v) is 0.837. The molecular weight excluding hydrogens is 144 g/mol. The molecular formula is C5H4N6. The summed E-state index contributed by atoms with van der Waals surface area (Å²) in [5.41, 5.74) is 7.88. The van der Waals surface area contributed by atoms with E-state index in [9.17, 15) is 0 Å². The number of fused-ring (bicyclic) bond motifs is 1. The van der Waals surface area contributed by atoms with Gasteiger partial charge in [0.05, 0.1) is 6.33 Å². The molecule has 2 aromatic heterocycles. The zero-order chi connectivity index (χ0) is 7.68. The first kappa shape index (κ1) is 5.90. The molecule has 0 saturated carbocycles. The van der Waals surface area contributed by atoms with Gasteiger partial charge in [0, 0.05) is 0 Å². The molecule has 54 valence electrons. The molecule has 0 atom stereocenters. The van der Waals surface area contributed by atoms with E-state index < -0.39 is 0 Å². The van der Waals surface area contributed by atoms with Gasteiger partial charge in [0.2, 0.25) is 5.82 Å². The number of H-pyrrole nitrogens is 1. The van der Waals surface area contributed by atoms with Crippen molar-refractivity contribution in [1.82, 2.24) is 19.9 Å². The molecule has 0 aliphatic carbocycles. The summed E-state index contributed by atoms with van der Waals surface area (Å²) >= 11 is 0. The molecule has 0 radical (unpaired) electrons. The molecule has 11 heavy (non-hydrogen) atoms. The van der Waals surface area contributed by atoms with Crippen LogP contribution in [-0.4, -0.2) is 19.9 Å². The first-order chi connectivity index (χ1) is 5.42. The van der Waals surface area contributed by atoms with Crippen LogP contribution in [0.2, 0.25) is 0 Å². The molecule has 2 rings (SSSR count). The second kappa shape index (κ2) is 2.08. The van der Waals surface area contributed by atoms with E-state index in [-0.39, 0.29) is 0 Å². The lowest BCUT2D eigenvalue weighted by atomic mass is 10.5. The van der Waals surface area contributed by atoms with Crippen LogP contribution in [0.25, 0.3) is 11.2 Å². The van der Waals surface area contributed by atoms with Gasteiger partial charge in [0.25, 0.3) is 0 Å². The van der Waals surface area contributed by atoms with Crippen LogP contribution in [0.5, 0.6) is 0 Å². The third-order valence-corrected chi connectivity index (χ3v) is 1.31. The summed E-state index contributed by atoms with van der Waals surface area (Å²) in [5, 5.41) is 3.20. The van der Waals surface area contributed by atoms with Crippen molar-refractivity contribution in [3.63, 3.8) is 0 Å². The van der Waals surface area contributed by atoms with E-state index in [2.05, 4.69) is 25.1 Å². The van der Waals surface area contributed by atoms with Crippen molar-refractivity contribution >= 4 is 17.0 Å². The van der Waals surface area contributed by atoms with E-state index in [0.717, 1.165) is 0 Å². The highest BCUT2D eigenvalue weighted by Crippen LogP contribution is 2.16. The summed E-state index contributed by atoms with van der Waals surface area (Å²) in [6.07, 6.45) is 2.82. The number of hydrogen-bond donors (Lipinski definition) is 2. The molecule has 0 bridgehead atoms. The van der Waals surface area contributed by atoms with Crippen molar-refractivity contribution in [2.45, 2.75) is 0 Å². The van der Waals surface area contributed by atoms with Gasteiger partial charge in [-0.1, -0.05) is 0 Å². The molecule has 6 heteroatoms. The summed E-state index contributed by atoms with van der Waals surface area (Å²) < 4.78 is 0. The van der Waals surface area contributed by atoms with Gasteiger partial charge < -0.3 is 4.98 Å². The standard InChI is InChI=1S/C5H4N6/c6-11-5-3-4(8-1-7-3)9-2-10-5/h1-2,6H,(H,7,8,9,10). The monoisotopic (exact) mass is 148 g/mol. The molecule has 2 N–H and O–H groups in total. The minimum absolute atomic E-state index is 0.313. The number of rotatable bonds is 1. The highest BCUT2D eigenvalue weighted by molar-refractivity contribution is 5.79. The molecule has 2 heterocycles. The smallest absolute Gasteiger partial charge is 0.202 e. The van der Waals surface area contributed by atoms with Crippen molar-refractivity contribution < 1.29 is 0 Å². The Balaban J connectivity index is 2.88. The lowest BCUT2D eigenvalue weighted by molar-refractivity contribution is 1.08. The van der Waals surface area contributed by atoms with Gasteiger partial charge in [-0.2, -0.15) is 0 Å². The Labute approximate surface area is 61.2 Å². The zero-order valence-corrected chi connectivity index (χ0v) is 5.44. The van der Waals surface area contributed by atoms with E-state index in [1.54, 1.807) is 0 Å². The Morgan fingerprint density at radius 1 is 1.36 bits per heavy atom. The summed E-state index contributed by atoms with van der Waals surface area (Å²) in [5.74, 6) is 0.313. The summed E-state index contributed by atoms with van der Waals surface area (Å²) in [7, 11) is 0. The van der Waals surface area contributed by atoms with Crippen LogP contribution in [0.15, 0.2) is 17.8 Å². The van der Waals surface area contributed by atoms with Gasteiger partial charge in [-0.3, -0.25) is 0 Å². The quantitative estimate of drug-likeness (QED) is 0.591. The predicted molar refractivity (Wildman–Crippen MR) is 36.5 cm³/mol.